The molecule has 0 saturated heterocycles. The number of carbonyl (C=O) groups is 4. The summed E-state index contributed by atoms with van der Waals surface area (Å²) in [4.78, 5) is 48.5. The summed E-state index contributed by atoms with van der Waals surface area (Å²) in [5, 5.41) is 16.3. The number of nitrogens with one attached hydrogen (secondary N) is 6. The summed E-state index contributed by atoms with van der Waals surface area (Å²) in [6, 6.07) is 19.9. The van der Waals surface area contributed by atoms with Crippen molar-refractivity contribution >= 4 is 35.3 Å². The van der Waals surface area contributed by atoms with Crippen molar-refractivity contribution in [3.8, 4) is 0 Å². The third-order valence-electron chi connectivity index (χ3n) is 5.60. The number of anilines is 2. The molecule has 12 nitrogen and oxygen atoms in total. The lowest BCUT2D eigenvalue weighted by Crippen LogP contribution is -2.32. The van der Waals surface area contributed by atoms with Gasteiger partial charge in [0.05, 0.1) is 0 Å². The molecule has 0 aliphatic heterocycles. The molecule has 0 radical (unpaired) electrons. The first kappa shape index (κ1) is 29.6. The molecular formula is C28H34N8O4. The third-order valence-corrected chi connectivity index (χ3v) is 5.60. The third kappa shape index (κ3) is 9.74. The van der Waals surface area contributed by atoms with E-state index in [0.717, 1.165) is 11.1 Å². The Morgan fingerprint density at radius 3 is 1.18 bits per heavy atom. The van der Waals surface area contributed by atoms with E-state index in [0.29, 0.717) is 61.8 Å². The highest BCUT2D eigenvalue weighted by Gasteiger charge is 2.10. The van der Waals surface area contributed by atoms with Crippen molar-refractivity contribution in [2.24, 2.45) is 11.5 Å². The molecule has 0 unspecified atom stereocenters. The monoisotopic (exact) mass is 546 g/mol. The van der Waals surface area contributed by atoms with Crippen LogP contribution >= 0.6 is 0 Å². The van der Waals surface area contributed by atoms with Gasteiger partial charge in [-0.15, -0.1) is 0 Å². The van der Waals surface area contributed by atoms with E-state index in [2.05, 4.69) is 31.9 Å². The van der Waals surface area contributed by atoms with Gasteiger partial charge in [0.2, 0.25) is 0 Å². The average molecular weight is 547 g/mol. The fourth-order valence-corrected chi connectivity index (χ4v) is 3.48. The van der Waals surface area contributed by atoms with Crippen LogP contribution in [-0.2, 0) is 13.1 Å². The normalized spacial score (nSPS) is 10.2. The molecule has 0 aliphatic carbocycles. The van der Waals surface area contributed by atoms with E-state index in [1.165, 1.54) is 0 Å². The SMILES string of the molecule is NCCNC(=O)Nc1ccc(CNC(=O)c2ccc(C(=O)NCc3ccc(NC(=O)NCCN)cc3)cc2)cc1. The molecule has 0 aliphatic rings. The summed E-state index contributed by atoms with van der Waals surface area (Å²) < 4.78 is 0. The number of hydrogen-bond donors (Lipinski definition) is 8. The number of urea groups is 2. The molecule has 210 valence electrons. The minimum Gasteiger partial charge on any atom is -0.348 e. The lowest BCUT2D eigenvalue weighted by atomic mass is 10.1. The summed E-state index contributed by atoms with van der Waals surface area (Å²) in [6.07, 6.45) is 0. The van der Waals surface area contributed by atoms with Crippen molar-refractivity contribution < 1.29 is 19.2 Å². The molecule has 3 aromatic rings. The minimum absolute atomic E-state index is 0.277. The Morgan fingerprint density at radius 1 is 0.500 bits per heavy atom. The van der Waals surface area contributed by atoms with Crippen molar-refractivity contribution in [3.05, 3.63) is 95.1 Å². The van der Waals surface area contributed by atoms with Crippen LogP contribution in [0.4, 0.5) is 21.0 Å². The quantitative estimate of drug-likeness (QED) is 0.170. The van der Waals surface area contributed by atoms with Gasteiger partial charge in [0, 0.05) is 61.8 Å². The molecular weight excluding hydrogens is 512 g/mol. The first-order valence-electron chi connectivity index (χ1n) is 12.7. The van der Waals surface area contributed by atoms with Crippen molar-refractivity contribution in [2.45, 2.75) is 13.1 Å². The summed E-state index contributed by atoms with van der Waals surface area (Å²) in [7, 11) is 0. The van der Waals surface area contributed by atoms with Crippen molar-refractivity contribution in [2.75, 3.05) is 36.8 Å². The largest absolute Gasteiger partial charge is 0.348 e. The van der Waals surface area contributed by atoms with Crippen LogP contribution in [0.3, 0.4) is 0 Å². The van der Waals surface area contributed by atoms with Crippen LogP contribution in [0.25, 0.3) is 0 Å². The van der Waals surface area contributed by atoms with Gasteiger partial charge in [-0.05, 0) is 59.7 Å². The van der Waals surface area contributed by atoms with E-state index in [1.54, 1.807) is 72.8 Å². The van der Waals surface area contributed by atoms with E-state index >= 15 is 0 Å². The zero-order chi connectivity index (χ0) is 28.7. The molecule has 0 fully saturated rings. The number of nitrogens with two attached hydrogens (primary N) is 2. The zero-order valence-corrected chi connectivity index (χ0v) is 22.0. The predicted octanol–water partition coefficient (Wildman–Crippen LogP) is 1.71. The molecule has 10 N–H and O–H groups in total. The summed E-state index contributed by atoms with van der Waals surface area (Å²) in [5.41, 5.74) is 14.5. The van der Waals surface area contributed by atoms with E-state index in [9.17, 15) is 19.2 Å². The summed E-state index contributed by atoms with van der Waals surface area (Å²) >= 11 is 0. The summed E-state index contributed by atoms with van der Waals surface area (Å²) in [5.74, 6) is -0.554. The maximum Gasteiger partial charge on any atom is 0.319 e. The highest BCUT2D eigenvalue weighted by molar-refractivity contribution is 5.97. The second-order valence-electron chi connectivity index (χ2n) is 8.68. The zero-order valence-electron chi connectivity index (χ0n) is 22.0. The maximum atomic E-state index is 12.5. The van der Waals surface area contributed by atoms with Gasteiger partial charge in [0.15, 0.2) is 0 Å². The van der Waals surface area contributed by atoms with Crippen LogP contribution in [0.15, 0.2) is 72.8 Å². The second kappa shape index (κ2) is 15.5. The van der Waals surface area contributed by atoms with E-state index in [-0.39, 0.29) is 23.9 Å². The lowest BCUT2D eigenvalue weighted by molar-refractivity contribution is 0.0939. The number of rotatable bonds is 12. The highest BCUT2D eigenvalue weighted by atomic mass is 16.2. The van der Waals surface area contributed by atoms with E-state index in [1.807, 2.05) is 0 Å². The Balaban J connectivity index is 1.43. The Bertz CT molecular complexity index is 1180. The molecule has 0 bridgehead atoms. The molecule has 0 saturated carbocycles. The Kier molecular flexibility index (Phi) is 11.5. The van der Waals surface area contributed by atoms with Gasteiger partial charge < -0.3 is 43.4 Å². The van der Waals surface area contributed by atoms with Crippen LogP contribution < -0.4 is 43.4 Å². The molecule has 12 heteroatoms. The topological polar surface area (TPSA) is 192 Å². The second-order valence-corrected chi connectivity index (χ2v) is 8.68. The lowest BCUT2D eigenvalue weighted by Gasteiger charge is -2.10. The van der Waals surface area contributed by atoms with Gasteiger partial charge in [0.1, 0.15) is 0 Å². The smallest absolute Gasteiger partial charge is 0.319 e. The standard InChI is InChI=1S/C28H34N8O4/c29-13-15-31-27(39)35-23-9-1-19(2-10-23)17-33-25(37)21-5-7-22(8-6-21)26(38)34-18-20-3-11-24(12-4-20)36-28(40)32-16-14-30/h1-12H,13-18,29-30H2,(H,33,37)(H,34,38)(H2,31,35,39)(H2,32,36,40). The maximum absolute atomic E-state index is 12.5. The number of hydrogen-bond acceptors (Lipinski definition) is 6. The predicted molar refractivity (Wildman–Crippen MR) is 154 cm³/mol. The average Bonchev–Trinajstić information content (AvgIpc) is 2.98. The van der Waals surface area contributed by atoms with Crippen LogP contribution in [0.1, 0.15) is 31.8 Å². The first-order chi connectivity index (χ1) is 19.4. The van der Waals surface area contributed by atoms with Crippen LogP contribution in [-0.4, -0.2) is 50.1 Å². The highest BCUT2D eigenvalue weighted by Crippen LogP contribution is 2.12. The van der Waals surface area contributed by atoms with Gasteiger partial charge >= 0.3 is 12.1 Å². The molecule has 0 spiro atoms. The Labute approximate surface area is 232 Å². The van der Waals surface area contributed by atoms with E-state index < -0.39 is 0 Å². The molecule has 0 atom stereocenters. The van der Waals surface area contributed by atoms with Gasteiger partial charge in [-0.25, -0.2) is 9.59 Å². The molecule has 6 amide bonds. The molecule has 3 rings (SSSR count). The Morgan fingerprint density at radius 2 is 0.850 bits per heavy atom. The van der Waals surface area contributed by atoms with Gasteiger partial charge in [-0.3, -0.25) is 9.59 Å². The van der Waals surface area contributed by atoms with Gasteiger partial charge in [-0.2, -0.15) is 0 Å². The van der Waals surface area contributed by atoms with Crippen molar-refractivity contribution in [1.29, 1.82) is 0 Å². The van der Waals surface area contributed by atoms with Crippen molar-refractivity contribution in [3.63, 3.8) is 0 Å². The summed E-state index contributed by atoms with van der Waals surface area (Å²) in [6.45, 7) is 2.08. The van der Waals surface area contributed by atoms with Crippen LogP contribution in [0, 0.1) is 0 Å². The van der Waals surface area contributed by atoms with E-state index in [4.69, 9.17) is 11.5 Å². The van der Waals surface area contributed by atoms with Crippen LogP contribution in [0.5, 0.6) is 0 Å². The molecule has 0 heterocycles. The number of benzene rings is 3. The fraction of sp³-hybridized carbons (Fsp3) is 0.214. The molecule has 40 heavy (non-hydrogen) atoms. The van der Waals surface area contributed by atoms with Gasteiger partial charge in [0.25, 0.3) is 11.8 Å². The number of carbonyl (C=O) groups excluding carboxylic acids is 4. The first-order valence-corrected chi connectivity index (χ1v) is 12.7. The van der Waals surface area contributed by atoms with Crippen molar-refractivity contribution in [1.82, 2.24) is 21.3 Å². The van der Waals surface area contributed by atoms with Crippen LogP contribution in [0.2, 0.25) is 0 Å². The molecule has 3 aromatic carbocycles. The fourth-order valence-electron chi connectivity index (χ4n) is 3.48. The Hall–Kier alpha value is -4.94. The number of amides is 6. The molecule has 0 aromatic heterocycles. The minimum atomic E-state index is -0.336. The van der Waals surface area contributed by atoms with Gasteiger partial charge in [-0.1, -0.05) is 24.3 Å².